The van der Waals surface area contributed by atoms with Gasteiger partial charge in [0.05, 0.1) is 6.04 Å². The van der Waals surface area contributed by atoms with Crippen molar-refractivity contribution in [1.29, 1.82) is 0 Å². The molecule has 8 nitrogen and oxygen atoms in total. The molecule has 8 heteroatoms. The topological polar surface area (TPSA) is 98.7 Å². The maximum atomic E-state index is 13.0. The van der Waals surface area contributed by atoms with Crippen molar-refractivity contribution in [3.05, 3.63) is 66.1 Å². The fourth-order valence-corrected chi connectivity index (χ4v) is 3.66. The summed E-state index contributed by atoms with van der Waals surface area (Å²) in [7, 11) is 0. The third-order valence-corrected chi connectivity index (χ3v) is 5.62. The molecule has 4 aromatic rings. The van der Waals surface area contributed by atoms with Crippen LogP contribution in [0.15, 0.2) is 59.0 Å². The second-order valence-corrected chi connectivity index (χ2v) is 8.08. The lowest BCUT2D eigenvalue weighted by Crippen LogP contribution is -2.14. The van der Waals surface area contributed by atoms with Gasteiger partial charge in [-0.25, -0.2) is 9.67 Å². The van der Waals surface area contributed by atoms with Crippen molar-refractivity contribution >= 4 is 11.6 Å². The summed E-state index contributed by atoms with van der Waals surface area (Å²) >= 11 is 0. The Morgan fingerprint density at radius 3 is 2.45 bits per heavy atom. The van der Waals surface area contributed by atoms with E-state index in [1.54, 1.807) is 0 Å². The molecule has 2 aliphatic carbocycles. The SMILES string of the molecule is O=C(Nc1ccc(-c2nnnn2C2CC2)cc1)c1nc(-c2ccccc2)oc1C1CC1. The molecule has 2 aromatic carbocycles. The zero-order valence-electron chi connectivity index (χ0n) is 16.7. The average molecular weight is 412 g/mol. The van der Waals surface area contributed by atoms with Gasteiger partial charge in [-0.2, -0.15) is 0 Å². The van der Waals surface area contributed by atoms with Crippen molar-refractivity contribution in [3.8, 4) is 22.8 Å². The Morgan fingerprint density at radius 2 is 1.74 bits per heavy atom. The predicted octanol–water partition coefficient (Wildman–Crippen LogP) is 4.46. The summed E-state index contributed by atoms with van der Waals surface area (Å²) in [6.45, 7) is 0. The Kier molecular flexibility index (Phi) is 4.15. The highest BCUT2D eigenvalue weighted by Crippen LogP contribution is 2.43. The van der Waals surface area contributed by atoms with Crippen LogP contribution in [-0.2, 0) is 0 Å². The molecule has 1 amide bonds. The van der Waals surface area contributed by atoms with Crippen molar-refractivity contribution in [2.24, 2.45) is 0 Å². The van der Waals surface area contributed by atoms with Crippen LogP contribution in [0.1, 0.15) is 53.9 Å². The highest BCUT2D eigenvalue weighted by atomic mass is 16.4. The first-order chi connectivity index (χ1) is 15.3. The molecule has 2 aliphatic rings. The van der Waals surface area contributed by atoms with Crippen molar-refractivity contribution in [2.45, 2.75) is 37.6 Å². The maximum absolute atomic E-state index is 13.0. The Bertz CT molecular complexity index is 1240. The number of aromatic nitrogens is 5. The van der Waals surface area contributed by atoms with Crippen LogP contribution in [0.5, 0.6) is 0 Å². The molecule has 0 spiro atoms. The van der Waals surface area contributed by atoms with Gasteiger partial charge in [0.2, 0.25) is 5.89 Å². The number of carbonyl (C=O) groups is 1. The van der Waals surface area contributed by atoms with Crippen molar-refractivity contribution in [1.82, 2.24) is 25.2 Å². The van der Waals surface area contributed by atoms with E-state index >= 15 is 0 Å². The van der Waals surface area contributed by atoms with Crippen LogP contribution in [0.25, 0.3) is 22.8 Å². The first kappa shape index (κ1) is 18.0. The Hall–Kier alpha value is -3.81. The summed E-state index contributed by atoms with van der Waals surface area (Å²) in [5, 5.41) is 15.0. The maximum Gasteiger partial charge on any atom is 0.277 e. The van der Waals surface area contributed by atoms with Crippen molar-refractivity contribution < 1.29 is 9.21 Å². The summed E-state index contributed by atoms with van der Waals surface area (Å²) in [6, 6.07) is 17.6. The fraction of sp³-hybridized carbons (Fsp3) is 0.261. The van der Waals surface area contributed by atoms with Crippen LogP contribution < -0.4 is 5.32 Å². The number of tetrazole rings is 1. The molecule has 0 saturated heterocycles. The van der Waals surface area contributed by atoms with Crippen molar-refractivity contribution in [2.75, 3.05) is 5.32 Å². The van der Waals surface area contributed by atoms with Gasteiger partial charge in [-0.15, -0.1) is 5.10 Å². The van der Waals surface area contributed by atoms with Crippen LogP contribution in [0.4, 0.5) is 5.69 Å². The molecule has 6 rings (SSSR count). The molecule has 154 valence electrons. The zero-order valence-corrected chi connectivity index (χ0v) is 16.7. The van der Waals surface area contributed by atoms with Gasteiger partial charge < -0.3 is 9.73 Å². The number of carbonyl (C=O) groups excluding carboxylic acids is 1. The molecule has 0 aliphatic heterocycles. The second kappa shape index (κ2) is 7.16. The molecule has 0 bridgehead atoms. The van der Waals surface area contributed by atoms with Gasteiger partial charge in [-0.1, -0.05) is 18.2 Å². The molecular formula is C23H20N6O2. The standard InChI is InChI=1S/C23H20N6O2/c30-22(19-20(14-6-7-14)31-23(25-19)16-4-2-1-3-5-16)24-17-10-8-15(9-11-17)21-26-27-28-29(21)18-12-13-18/h1-5,8-11,14,18H,6-7,12-13H2,(H,24,30). The van der Waals surface area contributed by atoms with Crippen LogP contribution in [0.2, 0.25) is 0 Å². The zero-order chi connectivity index (χ0) is 20.8. The van der Waals surface area contributed by atoms with E-state index in [4.69, 9.17) is 4.42 Å². The minimum atomic E-state index is -0.261. The number of benzene rings is 2. The average Bonchev–Trinajstić information content (AvgIpc) is 3.74. The molecule has 2 fully saturated rings. The number of hydrogen-bond acceptors (Lipinski definition) is 6. The number of nitrogens with zero attached hydrogens (tertiary/aromatic N) is 5. The smallest absolute Gasteiger partial charge is 0.277 e. The summed E-state index contributed by atoms with van der Waals surface area (Å²) in [4.78, 5) is 17.5. The number of anilines is 1. The van der Waals surface area contributed by atoms with E-state index in [0.717, 1.165) is 42.6 Å². The van der Waals surface area contributed by atoms with E-state index in [1.807, 2.05) is 59.3 Å². The third kappa shape index (κ3) is 3.50. The van der Waals surface area contributed by atoms with Crippen molar-refractivity contribution in [3.63, 3.8) is 0 Å². The summed E-state index contributed by atoms with van der Waals surface area (Å²) < 4.78 is 7.87. The lowest BCUT2D eigenvalue weighted by atomic mass is 10.2. The first-order valence-electron chi connectivity index (χ1n) is 10.5. The molecular weight excluding hydrogens is 392 g/mol. The quantitative estimate of drug-likeness (QED) is 0.502. The molecule has 2 heterocycles. The van der Waals surface area contributed by atoms with Gasteiger partial charge in [0.25, 0.3) is 5.91 Å². The predicted molar refractivity (Wildman–Crippen MR) is 113 cm³/mol. The molecule has 2 saturated carbocycles. The number of nitrogens with one attached hydrogen (secondary N) is 1. The van der Waals surface area contributed by atoms with Crippen LogP contribution in [0.3, 0.4) is 0 Å². The largest absolute Gasteiger partial charge is 0.440 e. The van der Waals surface area contributed by atoms with E-state index in [2.05, 4.69) is 25.8 Å². The highest BCUT2D eigenvalue weighted by molar-refractivity contribution is 6.04. The van der Waals surface area contributed by atoms with Gasteiger partial charge in [0.15, 0.2) is 11.5 Å². The van der Waals surface area contributed by atoms with E-state index in [0.29, 0.717) is 29.1 Å². The van der Waals surface area contributed by atoms with Crippen LogP contribution in [-0.4, -0.2) is 31.1 Å². The molecule has 2 aromatic heterocycles. The summed E-state index contributed by atoms with van der Waals surface area (Å²) in [6.07, 6.45) is 4.26. The molecule has 0 radical (unpaired) electrons. The van der Waals surface area contributed by atoms with Crippen LogP contribution >= 0.6 is 0 Å². The number of rotatable bonds is 6. The fourth-order valence-electron chi connectivity index (χ4n) is 3.66. The molecule has 0 atom stereocenters. The van der Waals surface area contributed by atoms with E-state index in [-0.39, 0.29) is 11.8 Å². The van der Waals surface area contributed by atoms with E-state index in [1.165, 1.54) is 0 Å². The Morgan fingerprint density at radius 1 is 0.968 bits per heavy atom. The lowest BCUT2D eigenvalue weighted by molar-refractivity contribution is 0.102. The van der Waals surface area contributed by atoms with Gasteiger partial charge in [0.1, 0.15) is 5.76 Å². The minimum Gasteiger partial charge on any atom is -0.440 e. The first-order valence-corrected chi connectivity index (χ1v) is 10.5. The lowest BCUT2D eigenvalue weighted by Gasteiger charge is -2.06. The minimum absolute atomic E-state index is 0.261. The molecule has 1 N–H and O–H groups in total. The molecule has 0 unspecified atom stereocenters. The number of oxazole rings is 1. The highest BCUT2D eigenvalue weighted by Gasteiger charge is 2.34. The third-order valence-electron chi connectivity index (χ3n) is 5.62. The van der Waals surface area contributed by atoms with E-state index < -0.39 is 0 Å². The Labute approximate surface area is 178 Å². The van der Waals surface area contributed by atoms with Crippen LogP contribution in [0, 0.1) is 0 Å². The second-order valence-electron chi connectivity index (χ2n) is 8.08. The normalized spacial score (nSPS) is 15.7. The number of amides is 1. The van der Waals surface area contributed by atoms with Gasteiger partial charge in [-0.05, 0) is 72.5 Å². The van der Waals surface area contributed by atoms with Gasteiger partial charge in [0, 0.05) is 22.7 Å². The van der Waals surface area contributed by atoms with Gasteiger partial charge in [-0.3, -0.25) is 4.79 Å². The molecule has 31 heavy (non-hydrogen) atoms. The summed E-state index contributed by atoms with van der Waals surface area (Å²) in [5.74, 6) is 1.92. The monoisotopic (exact) mass is 412 g/mol. The Balaban J connectivity index is 1.24. The number of hydrogen-bond donors (Lipinski definition) is 1. The van der Waals surface area contributed by atoms with Gasteiger partial charge >= 0.3 is 0 Å². The summed E-state index contributed by atoms with van der Waals surface area (Å²) in [5.41, 5.74) is 2.83. The van der Waals surface area contributed by atoms with E-state index in [9.17, 15) is 4.79 Å².